The molecule has 19 heavy (non-hydrogen) atoms. The molecular formula is C16H19NOS. The van der Waals surface area contributed by atoms with E-state index in [1.54, 1.807) is 11.8 Å². The van der Waals surface area contributed by atoms with E-state index >= 15 is 0 Å². The fourth-order valence-corrected chi connectivity index (χ4v) is 2.52. The smallest absolute Gasteiger partial charge is 0.119 e. The molecule has 0 aromatic heterocycles. The molecular weight excluding hydrogens is 254 g/mol. The SMILES string of the molecule is Cc1ccc(OCCSc2ccc(N)c(C)c2)cc1. The molecule has 0 spiro atoms. The Morgan fingerprint density at radius 3 is 2.47 bits per heavy atom. The number of nitrogen functional groups attached to an aromatic ring is 1. The van der Waals surface area contributed by atoms with Crippen LogP contribution in [-0.2, 0) is 0 Å². The molecule has 2 aromatic rings. The molecule has 0 saturated heterocycles. The Morgan fingerprint density at radius 1 is 1.05 bits per heavy atom. The van der Waals surface area contributed by atoms with Crippen LogP contribution in [0.1, 0.15) is 11.1 Å². The minimum atomic E-state index is 0.706. The quantitative estimate of drug-likeness (QED) is 0.507. The topological polar surface area (TPSA) is 35.2 Å². The Bertz CT molecular complexity index is 537. The summed E-state index contributed by atoms with van der Waals surface area (Å²) in [5.74, 6) is 1.86. The molecule has 0 heterocycles. The number of rotatable bonds is 5. The number of thioether (sulfide) groups is 1. The van der Waals surface area contributed by atoms with Crippen LogP contribution in [-0.4, -0.2) is 12.4 Å². The second-order valence-electron chi connectivity index (χ2n) is 4.53. The maximum atomic E-state index is 5.80. The molecule has 0 atom stereocenters. The maximum Gasteiger partial charge on any atom is 0.119 e. The minimum absolute atomic E-state index is 0.706. The van der Waals surface area contributed by atoms with Crippen molar-refractivity contribution in [2.75, 3.05) is 18.1 Å². The maximum absolute atomic E-state index is 5.80. The number of ether oxygens (including phenoxy) is 1. The number of anilines is 1. The van der Waals surface area contributed by atoms with Crippen molar-refractivity contribution < 1.29 is 4.74 Å². The molecule has 0 bridgehead atoms. The highest BCUT2D eigenvalue weighted by atomic mass is 32.2. The molecule has 0 aliphatic heterocycles. The molecule has 2 aromatic carbocycles. The van der Waals surface area contributed by atoms with E-state index in [0.29, 0.717) is 6.61 Å². The third-order valence-corrected chi connectivity index (χ3v) is 3.84. The van der Waals surface area contributed by atoms with E-state index in [9.17, 15) is 0 Å². The first-order chi connectivity index (χ1) is 9.15. The highest BCUT2D eigenvalue weighted by molar-refractivity contribution is 7.99. The number of aryl methyl sites for hydroxylation is 2. The van der Waals surface area contributed by atoms with E-state index in [0.717, 1.165) is 22.8 Å². The van der Waals surface area contributed by atoms with Gasteiger partial charge in [-0.05, 0) is 49.7 Å². The Morgan fingerprint density at radius 2 is 1.79 bits per heavy atom. The summed E-state index contributed by atoms with van der Waals surface area (Å²) in [7, 11) is 0. The number of hydrogen-bond donors (Lipinski definition) is 1. The zero-order valence-electron chi connectivity index (χ0n) is 11.3. The van der Waals surface area contributed by atoms with E-state index in [1.807, 2.05) is 25.1 Å². The van der Waals surface area contributed by atoms with Crippen LogP contribution in [0.4, 0.5) is 5.69 Å². The monoisotopic (exact) mass is 273 g/mol. The van der Waals surface area contributed by atoms with Gasteiger partial charge in [0.2, 0.25) is 0 Å². The number of benzene rings is 2. The van der Waals surface area contributed by atoms with Crippen molar-refractivity contribution in [2.24, 2.45) is 0 Å². The Hall–Kier alpha value is -1.61. The predicted octanol–water partition coefficient (Wildman–Crippen LogP) is 4.06. The highest BCUT2D eigenvalue weighted by Crippen LogP contribution is 2.22. The summed E-state index contributed by atoms with van der Waals surface area (Å²) < 4.78 is 5.69. The second-order valence-corrected chi connectivity index (χ2v) is 5.70. The lowest BCUT2D eigenvalue weighted by atomic mass is 10.2. The van der Waals surface area contributed by atoms with Gasteiger partial charge in [0.15, 0.2) is 0 Å². The van der Waals surface area contributed by atoms with Gasteiger partial charge in [-0.15, -0.1) is 11.8 Å². The van der Waals surface area contributed by atoms with Gasteiger partial charge < -0.3 is 10.5 Å². The molecule has 0 amide bonds. The van der Waals surface area contributed by atoms with Gasteiger partial charge in [0.25, 0.3) is 0 Å². The molecule has 0 fully saturated rings. The zero-order chi connectivity index (χ0) is 13.7. The van der Waals surface area contributed by atoms with E-state index in [4.69, 9.17) is 10.5 Å². The summed E-state index contributed by atoms with van der Waals surface area (Å²) in [6, 6.07) is 14.3. The summed E-state index contributed by atoms with van der Waals surface area (Å²) in [5, 5.41) is 0. The molecule has 3 heteroatoms. The van der Waals surface area contributed by atoms with E-state index in [2.05, 4.69) is 31.2 Å². The lowest BCUT2D eigenvalue weighted by Gasteiger charge is -2.07. The number of hydrogen-bond acceptors (Lipinski definition) is 3. The first-order valence-electron chi connectivity index (χ1n) is 6.33. The first kappa shape index (κ1) is 13.8. The molecule has 0 unspecified atom stereocenters. The summed E-state index contributed by atoms with van der Waals surface area (Å²) in [5.41, 5.74) is 9.02. The van der Waals surface area contributed by atoms with Crippen molar-refractivity contribution in [1.29, 1.82) is 0 Å². The van der Waals surface area contributed by atoms with Gasteiger partial charge >= 0.3 is 0 Å². The van der Waals surface area contributed by atoms with Gasteiger partial charge in [0, 0.05) is 16.3 Å². The minimum Gasteiger partial charge on any atom is -0.493 e. The van der Waals surface area contributed by atoms with Crippen LogP contribution in [0.3, 0.4) is 0 Å². The van der Waals surface area contributed by atoms with Gasteiger partial charge in [-0.3, -0.25) is 0 Å². The molecule has 0 aliphatic rings. The van der Waals surface area contributed by atoms with Crippen LogP contribution in [0.5, 0.6) is 5.75 Å². The Labute approximate surface area is 119 Å². The van der Waals surface area contributed by atoms with Gasteiger partial charge in [-0.25, -0.2) is 0 Å². The third-order valence-electron chi connectivity index (χ3n) is 2.88. The van der Waals surface area contributed by atoms with Crippen molar-refractivity contribution in [3.63, 3.8) is 0 Å². The first-order valence-corrected chi connectivity index (χ1v) is 7.32. The van der Waals surface area contributed by atoms with E-state index in [1.165, 1.54) is 10.5 Å². The third kappa shape index (κ3) is 4.21. The highest BCUT2D eigenvalue weighted by Gasteiger charge is 1.98. The molecule has 0 saturated carbocycles. The van der Waals surface area contributed by atoms with Gasteiger partial charge in [0.05, 0.1) is 6.61 Å². The molecule has 0 radical (unpaired) electrons. The fraction of sp³-hybridized carbons (Fsp3) is 0.250. The average molecular weight is 273 g/mol. The number of nitrogens with two attached hydrogens (primary N) is 1. The Balaban J connectivity index is 1.77. The Kier molecular flexibility index (Phi) is 4.74. The average Bonchev–Trinajstić information content (AvgIpc) is 2.41. The zero-order valence-corrected chi connectivity index (χ0v) is 12.2. The standard InChI is InChI=1S/C16H19NOS/c1-12-3-5-14(6-4-12)18-9-10-19-15-7-8-16(17)13(2)11-15/h3-8,11H,9-10,17H2,1-2H3. The van der Waals surface area contributed by atoms with Crippen molar-refractivity contribution in [3.05, 3.63) is 53.6 Å². The second kappa shape index (κ2) is 6.53. The van der Waals surface area contributed by atoms with Crippen molar-refractivity contribution in [3.8, 4) is 5.75 Å². The van der Waals surface area contributed by atoms with Crippen LogP contribution in [0, 0.1) is 13.8 Å². The van der Waals surface area contributed by atoms with Gasteiger partial charge in [-0.2, -0.15) is 0 Å². The van der Waals surface area contributed by atoms with Crippen LogP contribution in [0.15, 0.2) is 47.4 Å². The van der Waals surface area contributed by atoms with Crippen molar-refractivity contribution in [1.82, 2.24) is 0 Å². The lowest BCUT2D eigenvalue weighted by Crippen LogP contribution is -2.00. The van der Waals surface area contributed by atoms with Crippen LogP contribution < -0.4 is 10.5 Å². The van der Waals surface area contributed by atoms with Crippen LogP contribution in [0.25, 0.3) is 0 Å². The van der Waals surface area contributed by atoms with Crippen molar-refractivity contribution >= 4 is 17.4 Å². The van der Waals surface area contributed by atoms with Crippen LogP contribution in [0.2, 0.25) is 0 Å². The normalized spacial score (nSPS) is 10.4. The van der Waals surface area contributed by atoms with E-state index in [-0.39, 0.29) is 0 Å². The van der Waals surface area contributed by atoms with Gasteiger partial charge in [-0.1, -0.05) is 17.7 Å². The molecule has 2 nitrogen and oxygen atoms in total. The largest absolute Gasteiger partial charge is 0.493 e. The lowest BCUT2D eigenvalue weighted by molar-refractivity contribution is 0.344. The molecule has 2 N–H and O–H groups in total. The molecule has 2 rings (SSSR count). The fourth-order valence-electron chi connectivity index (χ4n) is 1.69. The van der Waals surface area contributed by atoms with E-state index < -0.39 is 0 Å². The summed E-state index contributed by atoms with van der Waals surface area (Å²) in [6.07, 6.45) is 0. The van der Waals surface area contributed by atoms with Crippen LogP contribution >= 0.6 is 11.8 Å². The van der Waals surface area contributed by atoms with Crippen molar-refractivity contribution in [2.45, 2.75) is 18.7 Å². The van der Waals surface area contributed by atoms with Gasteiger partial charge in [0.1, 0.15) is 5.75 Å². The summed E-state index contributed by atoms with van der Waals surface area (Å²) in [4.78, 5) is 1.24. The summed E-state index contributed by atoms with van der Waals surface area (Å²) >= 11 is 1.79. The molecule has 0 aliphatic carbocycles. The molecule has 100 valence electrons. The summed E-state index contributed by atoms with van der Waals surface area (Å²) in [6.45, 7) is 4.81. The predicted molar refractivity (Wildman–Crippen MR) is 83.0 cm³/mol.